The molecule has 0 heterocycles. The number of hydrogen-bond acceptors (Lipinski definition) is 3. The lowest BCUT2D eigenvalue weighted by Gasteiger charge is -2.06. The fraction of sp³-hybridized carbons (Fsp3) is 0.417. The zero-order valence-electron chi connectivity index (χ0n) is 9.66. The van der Waals surface area contributed by atoms with Gasteiger partial charge in [0.2, 0.25) is 0 Å². The van der Waals surface area contributed by atoms with E-state index in [4.69, 9.17) is 9.47 Å². The minimum absolute atomic E-state index is 0.418. The van der Waals surface area contributed by atoms with Crippen molar-refractivity contribution in [3.8, 4) is 11.5 Å². The Morgan fingerprint density at radius 2 is 1.88 bits per heavy atom. The third-order valence-corrected chi connectivity index (χ3v) is 2.07. The molecule has 16 heavy (non-hydrogen) atoms. The molecular weight excluding hydrogens is 206 g/mol. The van der Waals surface area contributed by atoms with E-state index in [1.54, 1.807) is 31.4 Å². The maximum atomic E-state index is 11.3. The molecule has 0 aliphatic heterocycles. The third kappa shape index (κ3) is 4.21. The topological polar surface area (TPSA) is 47.6 Å². The van der Waals surface area contributed by atoms with Crippen molar-refractivity contribution in [3.63, 3.8) is 0 Å². The van der Waals surface area contributed by atoms with E-state index in [0.717, 1.165) is 18.6 Å². The van der Waals surface area contributed by atoms with Crippen LogP contribution in [0, 0.1) is 0 Å². The van der Waals surface area contributed by atoms with Crippen LogP contribution in [0.4, 0.5) is 4.79 Å². The van der Waals surface area contributed by atoms with Crippen LogP contribution in [-0.4, -0.2) is 19.7 Å². The minimum atomic E-state index is -0.418. The van der Waals surface area contributed by atoms with E-state index in [9.17, 15) is 4.79 Å². The van der Waals surface area contributed by atoms with Gasteiger partial charge in [-0.3, -0.25) is 0 Å². The lowest BCUT2D eigenvalue weighted by molar-refractivity contribution is 0.200. The van der Waals surface area contributed by atoms with Gasteiger partial charge >= 0.3 is 6.09 Å². The van der Waals surface area contributed by atoms with Crippen LogP contribution in [0.5, 0.6) is 11.5 Å². The highest BCUT2D eigenvalue weighted by atomic mass is 16.6. The highest BCUT2D eigenvalue weighted by Gasteiger charge is 2.02. The smallest absolute Gasteiger partial charge is 0.412 e. The fourth-order valence-electron chi connectivity index (χ4n) is 1.15. The number of hydrogen-bond donors (Lipinski definition) is 1. The molecule has 0 aromatic heterocycles. The summed E-state index contributed by atoms with van der Waals surface area (Å²) < 4.78 is 10.1. The average molecular weight is 223 g/mol. The van der Waals surface area contributed by atoms with Crippen molar-refractivity contribution in [2.75, 3.05) is 13.7 Å². The Bertz CT molecular complexity index is 322. The van der Waals surface area contributed by atoms with Gasteiger partial charge in [-0.1, -0.05) is 13.3 Å². The number of amides is 1. The van der Waals surface area contributed by atoms with Crippen LogP contribution in [0.15, 0.2) is 24.3 Å². The highest BCUT2D eigenvalue weighted by molar-refractivity contribution is 5.70. The predicted octanol–water partition coefficient (Wildman–Crippen LogP) is 2.58. The Kier molecular flexibility index (Phi) is 5.19. The van der Waals surface area contributed by atoms with E-state index >= 15 is 0 Å². The first-order valence-corrected chi connectivity index (χ1v) is 5.36. The van der Waals surface area contributed by atoms with Crippen molar-refractivity contribution in [1.82, 2.24) is 5.32 Å². The van der Waals surface area contributed by atoms with Gasteiger partial charge in [0, 0.05) is 6.54 Å². The van der Waals surface area contributed by atoms with E-state index in [1.807, 2.05) is 0 Å². The van der Waals surface area contributed by atoms with Crippen molar-refractivity contribution in [2.45, 2.75) is 19.8 Å². The van der Waals surface area contributed by atoms with Gasteiger partial charge in [0.15, 0.2) is 0 Å². The lowest BCUT2D eigenvalue weighted by Crippen LogP contribution is -2.27. The van der Waals surface area contributed by atoms with Gasteiger partial charge in [-0.2, -0.15) is 0 Å². The van der Waals surface area contributed by atoms with Gasteiger partial charge in [-0.15, -0.1) is 0 Å². The first-order valence-electron chi connectivity index (χ1n) is 5.36. The van der Waals surface area contributed by atoms with Gasteiger partial charge in [0.25, 0.3) is 0 Å². The van der Waals surface area contributed by atoms with Gasteiger partial charge in [-0.05, 0) is 30.7 Å². The Labute approximate surface area is 95.6 Å². The van der Waals surface area contributed by atoms with Crippen molar-refractivity contribution < 1.29 is 14.3 Å². The minimum Gasteiger partial charge on any atom is -0.497 e. The number of benzene rings is 1. The number of carbonyl (C=O) groups excluding carboxylic acids is 1. The second kappa shape index (κ2) is 6.71. The van der Waals surface area contributed by atoms with Crippen LogP contribution in [0.25, 0.3) is 0 Å². The summed E-state index contributed by atoms with van der Waals surface area (Å²) in [4.78, 5) is 11.3. The van der Waals surface area contributed by atoms with Crippen LogP contribution in [0.2, 0.25) is 0 Å². The Morgan fingerprint density at radius 3 is 2.44 bits per heavy atom. The first kappa shape index (κ1) is 12.4. The molecule has 0 bridgehead atoms. The number of methoxy groups -OCH3 is 1. The maximum Gasteiger partial charge on any atom is 0.412 e. The number of carbonyl (C=O) groups is 1. The number of nitrogens with one attached hydrogen (secondary N) is 1. The van der Waals surface area contributed by atoms with E-state index < -0.39 is 6.09 Å². The molecule has 0 aliphatic rings. The predicted molar refractivity (Wildman–Crippen MR) is 61.9 cm³/mol. The molecule has 1 N–H and O–H groups in total. The SMILES string of the molecule is CCCCNC(=O)Oc1ccc(OC)cc1. The molecule has 0 radical (unpaired) electrons. The third-order valence-electron chi connectivity index (χ3n) is 2.07. The quantitative estimate of drug-likeness (QED) is 0.780. The molecular formula is C12H17NO3. The van der Waals surface area contributed by atoms with Crippen molar-refractivity contribution in [2.24, 2.45) is 0 Å². The highest BCUT2D eigenvalue weighted by Crippen LogP contribution is 2.16. The Hall–Kier alpha value is -1.71. The largest absolute Gasteiger partial charge is 0.497 e. The summed E-state index contributed by atoms with van der Waals surface area (Å²) in [6.07, 6.45) is 1.58. The molecule has 0 unspecified atom stereocenters. The molecule has 4 heteroatoms. The molecule has 1 aromatic carbocycles. The van der Waals surface area contributed by atoms with E-state index in [-0.39, 0.29) is 0 Å². The summed E-state index contributed by atoms with van der Waals surface area (Å²) in [6, 6.07) is 6.87. The Morgan fingerprint density at radius 1 is 1.25 bits per heavy atom. The normalized spacial score (nSPS) is 9.62. The molecule has 1 amide bonds. The summed E-state index contributed by atoms with van der Waals surface area (Å²) in [5, 5.41) is 2.67. The van der Waals surface area contributed by atoms with Crippen LogP contribution >= 0.6 is 0 Å². The zero-order valence-corrected chi connectivity index (χ0v) is 9.66. The van der Waals surface area contributed by atoms with Crippen molar-refractivity contribution in [3.05, 3.63) is 24.3 Å². The van der Waals surface area contributed by atoms with Crippen molar-refractivity contribution in [1.29, 1.82) is 0 Å². The standard InChI is InChI=1S/C12H17NO3/c1-3-4-9-13-12(14)16-11-7-5-10(15-2)6-8-11/h5-8H,3-4,9H2,1-2H3,(H,13,14). The number of rotatable bonds is 5. The van der Waals surface area contributed by atoms with Gasteiger partial charge in [-0.25, -0.2) is 4.79 Å². The summed E-state index contributed by atoms with van der Waals surface area (Å²) in [7, 11) is 1.59. The summed E-state index contributed by atoms with van der Waals surface area (Å²) >= 11 is 0. The molecule has 0 fully saturated rings. The van der Waals surface area contributed by atoms with E-state index in [0.29, 0.717) is 12.3 Å². The zero-order chi connectivity index (χ0) is 11.8. The van der Waals surface area contributed by atoms with Gasteiger partial charge in [0.05, 0.1) is 7.11 Å². The molecule has 1 rings (SSSR count). The van der Waals surface area contributed by atoms with Crippen molar-refractivity contribution >= 4 is 6.09 Å². The monoisotopic (exact) mass is 223 g/mol. The second-order valence-electron chi connectivity index (χ2n) is 3.35. The summed E-state index contributed by atoms with van der Waals surface area (Å²) in [6.45, 7) is 2.71. The van der Waals surface area contributed by atoms with E-state index in [2.05, 4.69) is 12.2 Å². The second-order valence-corrected chi connectivity index (χ2v) is 3.35. The van der Waals surface area contributed by atoms with Gasteiger partial charge in [0.1, 0.15) is 11.5 Å². The molecule has 88 valence electrons. The Balaban J connectivity index is 2.37. The first-order chi connectivity index (χ1) is 7.76. The maximum absolute atomic E-state index is 11.3. The van der Waals surface area contributed by atoms with Crippen LogP contribution < -0.4 is 14.8 Å². The summed E-state index contributed by atoms with van der Waals surface area (Å²) in [5.74, 6) is 1.24. The van der Waals surface area contributed by atoms with Crippen LogP contribution in [-0.2, 0) is 0 Å². The molecule has 0 atom stereocenters. The molecule has 0 spiro atoms. The summed E-state index contributed by atoms with van der Waals surface area (Å²) in [5.41, 5.74) is 0. The molecule has 0 aliphatic carbocycles. The fourth-order valence-corrected chi connectivity index (χ4v) is 1.15. The molecule has 1 aromatic rings. The van der Waals surface area contributed by atoms with Crippen LogP contribution in [0.3, 0.4) is 0 Å². The number of unbranched alkanes of at least 4 members (excludes halogenated alkanes) is 1. The van der Waals surface area contributed by atoms with E-state index in [1.165, 1.54) is 0 Å². The average Bonchev–Trinajstić information content (AvgIpc) is 2.30. The molecule has 4 nitrogen and oxygen atoms in total. The van der Waals surface area contributed by atoms with Crippen LogP contribution in [0.1, 0.15) is 19.8 Å². The van der Waals surface area contributed by atoms with Gasteiger partial charge < -0.3 is 14.8 Å². The lowest BCUT2D eigenvalue weighted by atomic mass is 10.3. The number of ether oxygens (including phenoxy) is 2. The molecule has 0 saturated heterocycles. The molecule has 0 saturated carbocycles.